The Balaban J connectivity index is 2.36. The highest BCUT2D eigenvalue weighted by Gasteiger charge is 2.09. The molecule has 0 radical (unpaired) electrons. The number of benzene rings is 2. The third-order valence-corrected chi connectivity index (χ3v) is 4.17. The molecular weight excluding hydrogens is 258 g/mol. The summed E-state index contributed by atoms with van der Waals surface area (Å²) in [5, 5.41) is 13.5. The zero-order valence-electron chi connectivity index (χ0n) is 10.2. The van der Waals surface area contributed by atoms with Crippen LogP contribution < -0.4 is 10.7 Å². The summed E-state index contributed by atoms with van der Waals surface area (Å²) < 4.78 is 1.96. The molecule has 0 bridgehead atoms. The van der Waals surface area contributed by atoms with Gasteiger partial charge in [-0.2, -0.15) is 0 Å². The molecule has 96 valence electrons. The summed E-state index contributed by atoms with van der Waals surface area (Å²) in [5.74, 6) is 0. The number of hydrogen-bond acceptors (Lipinski definition) is 4. The number of fused-ring (bicyclic) bond motifs is 2. The second-order valence-corrected chi connectivity index (χ2v) is 5.34. The zero-order chi connectivity index (χ0) is 13.2. The van der Waals surface area contributed by atoms with Crippen molar-refractivity contribution in [1.82, 2.24) is 0 Å². The van der Waals surface area contributed by atoms with Crippen LogP contribution >= 0.6 is 11.3 Å². The van der Waals surface area contributed by atoms with Gasteiger partial charge in [-0.15, -0.1) is 11.3 Å². The lowest BCUT2D eigenvalue weighted by Crippen LogP contribution is -2.09. The van der Waals surface area contributed by atoms with Crippen molar-refractivity contribution in [3.63, 3.8) is 0 Å². The lowest BCUT2D eigenvalue weighted by atomic mass is 10.1. The molecule has 0 amide bonds. The van der Waals surface area contributed by atoms with E-state index < -0.39 is 0 Å². The van der Waals surface area contributed by atoms with Gasteiger partial charge in [-0.05, 0) is 24.3 Å². The Bertz CT molecular complexity index is 795. The van der Waals surface area contributed by atoms with Crippen LogP contribution in [0.3, 0.4) is 0 Å². The number of aliphatic hydroxyl groups excluding tert-OH is 1. The third kappa shape index (κ3) is 2.09. The van der Waals surface area contributed by atoms with Crippen molar-refractivity contribution in [2.24, 2.45) is 0 Å². The maximum absolute atomic E-state index is 12.6. The molecule has 0 fully saturated rings. The monoisotopic (exact) mass is 271 g/mol. The van der Waals surface area contributed by atoms with Crippen molar-refractivity contribution in [1.29, 1.82) is 0 Å². The summed E-state index contributed by atoms with van der Waals surface area (Å²) in [6.07, 6.45) is 0. The zero-order valence-corrected chi connectivity index (χ0v) is 11.0. The first-order valence-electron chi connectivity index (χ1n) is 6.10. The van der Waals surface area contributed by atoms with Crippen LogP contribution in [-0.4, -0.2) is 18.3 Å². The lowest BCUT2D eigenvalue weighted by Gasteiger charge is -2.08. The number of aliphatic hydroxyl groups is 1. The van der Waals surface area contributed by atoms with Crippen molar-refractivity contribution in [2.45, 2.75) is 0 Å². The molecule has 3 nitrogen and oxygen atoms in total. The smallest absolute Gasteiger partial charge is 0.197 e. The topological polar surface area (TPSA) is 49.3 Å². The van der Waals surface area contributed by atoms with Gasteiger partial charge in [0, 0.05) is 27.0 Å². The third-order valence-electron chi connectivity index (χ3n) is 3.03. The molecule has 2 aromatic carbocycles. The van der Waals surface area contributed by atoms with E-state index in [1.807, 2.05) is 42.5 Å². The van der Waals surface area contributed by atoms with E-state index in [0.717, 1.165) is 20.5 Å². The minimum absolute atomic E-state index is 0.0432. The van der Waals surface area contributed by atoms with Crippen molar-refractivity contribution in [3.05, 3.63) is 52.7 Å². The van der Waals surface area contributed by atoms with Crippen LogP contribution in [0.2, 0.25) is 0 Å². The van der Waals surface area contributed by atoms with Gasteiger partial charge in [0.2, 0.25) is 0 Å². The van der Waals surface area contributed by atoms with Gasteiger partial charge in [-0.25, -0.2) is 0 Å². The van der Waals surface area contributed by atoms with Gasteiger partial charge in [0.05, 0.1) is 12.0 Å². The number of nitrogens with one attached hydrogen (secondary N) is 1. The largest absolute Gasteiger partial charge is 0.395 e. The van der Waals surface area contributed by atoms with Crippen molar-refractivity contribution < 1.29 is 5.11 Å². The fourth-order valence-electron chi connectivity index (χ4n) is 2.18. The summed E-state index contributed by atoms with van der Waals surface area (Å²) in [7, 11) is 0. The Morgan fingerprint density at radius 3 is 2.68 bits per heavy atom. The first-order valence-corrected chi connectivity index (χ1v) is 6.92. The molecule has 3 aromatic rings. The summed E-state index contributed by atoms with van der Waals surface area (Å²) in [6.45, 7) is 0.484. The summed E-state index contributed by atoms with van der Waals surface area (Å²) in [4.78, 5) is 12.6. The van der Waals surface area contributed by atoms with Gasteiger partial charge >= 0.3 is 0 Å². The molecule has 0 aliphatic carbocycles. The van der Waals surface area contributed by atoms with Crippen molar-refractivity contribution in [3.8, 4) is 0 Å². The molecule has 2 N–H and O–H groups in total. The molecule has 3 rings (SSSR count). The van der Waals surface area contributed by atoms with Gasteiger partial charge in [0.1, 0.15) is 0 Å². The van der Waals surface area contributed by atoms with Crippen molar-refractivity contribution >= 4 is 37.2 Å². The van der Waals surface area contributed by atoms with E-state index in [0.29, 0.717) is 11.9 Å². The average molecular weight is 271 g/mol. The first-order chi connectivity index (χ1) is 9.31. The molecule has 19 heavy (non-hydrogen) atoms. The highest BCUT2D eigenvalue weighted by molar-refractivity contribution is 7.24. The number of hydrogen-bond donors (Lipinski definition) is 2. The predicted octanol–water partition coefficient (Wildman–Crippen LogP) is 2.82. The quantitative estimate of drug-likeness (QED) is 0.720. The highest BCUT2D eigenvalue weighted by atomic mass is 32.1. The number of anilines is 1. The predicted molar refractivity (Wildman–Crippen MR) is 81.2 cm³/mol. The fourth-order valence-corrected chi connectivity index (χ4v) is 3.29. The normalized spacial score (nSPS) is 11.0. The number of rotatable bonds is 3. The molecule has 0 saturated carbocycles. The molecular formula is C15H13NO2S. The van der Waals surface area contributed by atoms with E-state index in [1.54, 1.807) is 11.3 Å². The molecule has 0 unspecified atom stereocenters. The van der Waals surface area contributed by atoms with Crippen LogP contribution in [0.1, 0.15) is 0 Å². The molecule has 1 heterocycles. The highest BCUT2D eigenvalue weighted by Crippen LogP contribution is 2.28. The summed E-state index contributed by atoms with van der Waals surface area (Å²) in [5.41, 5.74) is 0.837. The summed E-state index contributed by atoms with van der Waals surface area (Å²) in [6, 6.07) is 13.4. The Morgan fingerprint density at radius 1 is 1.05 bits per heavy atom. The van der Waals surface area contributed by atoms with Crippen LogP contribution in [0.5, 0.6) is 0 Å². The van der Waals surface area contributed by atoms with E-state index in [2.05, 4.69) is 5.32 Å². The maximum Gasteiger partial charge on any atom is 0.197 e. The fraction of sp³-hybridized carbons (Fsp3) is 0.133. The van der Waals surface area contributed by atoms with E-state index in [4.69, 9.17) is 5.11 Å². The van der Waals surface area contributed by atoms with E-state index in [1.165, 1.54) is 0 Å². The van der Waals surface area contributed by atoms with Gasteiger partial charge in [-0.1, -0.05) is 18.2 Å². The van der Waals surface area contributed by atoms with Crippen LogP contribution in [0.15, 0.2) is 47.3 Å². The second-order valence-electron chi connectivity index (χ2n) is 4.26. The van der Waals surface area contributed by atoms with Crippen LogP contribution in [0.25, 0.3) is 20.2 Å². The SMILES string of the molecule is O=c1c2ccccc2sc2cccc(NCCO)c12. The Labute approximate surface area is 114 Å². The van der Waals surface area contributed by atoms with Gasteiger partial charge in [0.15, 0.2) is 5.43 Å². The molecule has 0 aliphatic heterocycles. The lowest BCUT2D eigenvalue weighted by molar-refractivity contribution is 0.311. The Morgan fingerprint density at radius 2 is 1.84 bits per heavy atom. The molecule has 0 atom stereocenters. The first kappa shape index (κ1) is 12.1. The molecule has 0 spiro atoms. The van der Waals surface area contributed by atoms with E-state index in [-0.39, 0.29) is 12.0 Å². The minimum atomic E-state index is 0.0432. The minimum Gasteiger partial charge on any atom is -0.395 e. The Kier molecular flexibility index (Phi) is 3.19. The maximum atomic E-state index is 12.6. The van der Waals surface area contributed by atoms with Crippen LogP contribution in [0.4, 0.5) is 5.69 Å². The summed E-state index contributed by atoms with van der Waals surface area (Å²) >= 11 is 1.61. The van der Waals surface area contributed by atoms with E-state index >= 15 is 0 Å². The molecule has 0 aliphatic rings. The molecule has 1 aromatic heterocycles. The van der Waals surface area contributed by atoms with Crippen molar-refractivity contribution in [2.75, 3.05) is 18.5 Å². The Hall–Kier alpha value is -1.91. The average Bonchev–Trinajstić information content (AvgIpc) is 2.45. The molecule has 4 heteroatoms. The van der Waals surface area contributed by atoms with Gasteiger partial charge < -0.3 is 10.4 Å². The molecule has 0 saturated heterocycles. The van der Waals surface area contributed by atoms with Crippen LogP contribution in [-0.2, 0) is 0 Å². The second kappa shape index (κ2) is 4.99. The van der Waals surface area contributed by atoms with E-state index in [9.17, 15) is 4.79 Å². The van der Waals surface area contributed by atoms with Gasteiger partial charge in [-0.3, -0.25) is 4.79 Å². The van der Waals surface area contributed by atoms with Crippen LogP contribution in [0, 0.1) is 0 Å². The standard InChI is InChI=1S/C15H13NO2S/c17-9-8-16-11-5-3-7-13-14(11)15(18)10-4-1-2-6-12(10)19-13/h1-7,16-17H,8-9H2. The van der Waals surface area contributed by atoms with Gasteiger partial charge in [0.25, 0.3) is 0 Å².